The maximum absolute atomic E-state index is 12.4. The van der Waals surface area contributed by atoms with Crippen LogP contribution in [0.15, 0.2) is 41.4 Å². The molecule has 5 nitrogen and oxygen atoms in total. The Hall–Kier alpha value is -1.79. The molecule has 0 fully saturated rings. The Morgan fingerprint density at radius 3 is 2.62 bits per heavy atom. The van der Waals surface area contributed by atoms with E-state index in [0.29, 0.717) is 11.4 Å². The van der Waals surface area contributed by atoms with Crippen molar-refractivity contribution in [3.05, 3.63) is 47.8 Å². The maximum atomic E-state index is 12.4. The quantitative estimate of drug-likeness (QED) is 0.860. The van der Waals surface area contributed by atoms with Crippen molar-refractivity contribution < 1.29 is 13.5 Å². The largest absolute Gasteiger partial charge is 0.390 e. The number of para-hydroxylation sites is 1. The summed E-state index contributed by atoms with van der Waals surface area (Å²) in [4.78, 5) is 0.153. The molecule has 0 saturated carbocycles. The zero-order chi connectivity index (χ0) is 15.5. The highest BCUT2D eigenvalue weighted by molar-refractivity contribution is 7.92. The van der Waals surface area contributed by atoms with Crippen molar-refractivity contribution in [2.45, 2.75) is 31.3 Å². The molecule has 0 aliphatic carbocycles. The summed E-state index contributed by atoms with van der Waals surface area (Å²) in [5, 5.41) is 9.17. The summed E-state index contributed by atoms with van der Waals surface area (Å²) in [6.07, 6.45) is 3.25. The zero-order valence-electron chi connectivity index (χ0n) is 12.2. The SMILES string of the molecule is CCCc1ccccc1NS(=O)(=O)c1cc(CO)n(C)c1. The number of nitrogens with zero attached hydrogens (tertiary/aromatic N) is 1. The first-order valence-electron chi connectivity index (χ1n) is 6.84. The van der Waals surface area contributed by atoms with Gasteiger partial charge in [0.2, 0.25) is 0 Å². The smallest absolute Gasteiger partial charge is 0.263 e. The summed E-state index contributed by atoms with van der Waals surface area (Å²) in [6.45, 7) is 1.86. The van der Waals surface area contributed by atoms with Crippen molar-refractivity contribution in [1.82, 2.24) is 4.57 Å². The Kier molecular flexibility index (Phi) is 4.69. The molecule has 0 amide bonds. The van der Waals surface area contributed by atoms with Gasteiger partial charge in [-0.3, -0.25) is 4.72 Å². The first kappa shape index (κ1) is 15.6. The van der Waals surface area contributed by atoms with Gasteiger partial charge in [0.05, 0.1) is 12.3 Å². The van der Waals surface area contributed by atoms with E-state index < -0.39 is 10.0 Å². The van der Waals surface area contributed by atoms with Crippen LogP contribution in [0.25, 0.3) is 0 Å². The number of aromatic nitrogens is 1. The third kappa shape index (κ3) is 3.46. The lowest BCUT2D eigenvalue weighted by molar-refractivity contribution is 0.272. The van der Waals surface area contributed by atoms with Crippen LogP contribution in [0.3, 0.4) is 0 Å². The fraction of sp³-hybridized carbons (Fsp3) is 0.333. The Labute approximate surface area is 125 Å². The minimum absolute atomic E-state index is 0.153. The lowest BCUT2D eigenvalue weighted by Gasteiger charge is -2.11. The molecule has 6 heteroatoms. The molecule has 0 radical (unpaired) electrons. The lowest BCUT2D eigenvalue weighted by atomic mass is 10.1. The molecule has 0 aliphatic rings. The van der Waals surface area contributed by atoms with E-state index in [1.807, 2.05) is 12.1 Å². The average Bonchev–Trinajstić information content (AvgIpc) is 2.83. The second kappa shape index (κ2) is 6.32. The van der Waals surface area contributed by atoms with Gasteiger partial charge in [-0.15, -0.1) is 0 Å². The second-order valence-corrected chi connectivity index (χ2v) is 6.63. The van der Waals surface area contributed by atoms with Crippen LogP contribution >= 0.6 is 0 Å². The molecule has 1 aromatic heterocycles. The number of aryl methyl sites for hydroxylation is 2. The van der Waals surface area contributed by atoms with Crippen LogP contribution in [-0.4, -0.2) is 18.1 Å². The first-order chi connectivity index (χ1) is 9.97. The van der Waals surface area contributed by atoms with Gasteiger partial charge < -0.3 is 9.67 Å². The lowest BCUT2D eigenvalue weighted by Crippen LogP contribution is -2.13. The second-order valence-electron chi connectivity index (χ2n) is 4.95. The van der Waals surface area contributed by atoms with Gasteiger partial charge in [-0.05, 0) is 24.1 Å². The molecule has 2 N–H and O–H groups in total. The number of sulfonamides is 1. The summed E-state index contributed by atoms with van der Waals surface area (Å²) < 4.78 is 29.1. The van der Waals surface area contributed by atoms with E-state index in [4.69, 9.17) is 5.11 Å². The van der Waals surface area contributed by atoms with Crippen molar-refractivity contribution in [2.24, 2.45) is 7.05 Å². The minimum Gasteiger partial charge on any atom is -0.390 e. The Bertz CT molecular complexity index is 720. The standard InChI is InChI=1S/C15H20N2O3S/c1-3-6-12-7-4-5-8-15(12)16-21(19,20)14-9-13(11-18)17(2)10-14/h4-5,7-10,16,18H,3,6,11H2,1-2H3. The van der Waals surface area contributed by atoms with Crippen LogP contribution in [-0.2, 0) is 30.1 Å². The monoisotopic (exact) mass is 308 g/mol. The molecule has 2 rings (SSSR count). The molecule has 0 spiro atoms. The van der Waals surface area contributed by atoms with Crippen LogP contribution in [0.5, 0.6) is 0 Å². The molecular weight excluding hydrogens is 288 g/mol. The molecule has 1 aromatic carbocycles. The van der Waals surface area contributed by atoms with Gasteiger partial charge in [-0.25, -0.2) is 8.42 Å². The van der Waals surface area contributed by atoms with Gasteiger partial charge in [0.25, 0.3) is 10.0 Å². The van der Waals surface area contributed by atoms with Gasteiger partial charge in [0.1, 0.15) is 4.90 Å². The summed E-state index contributed by atoms with van der Waals surface area (Å²) >= 11 is 0. The zero-order valence-corrected chi connectivity index (χ0v) is 13.0. The van der Waals surface area contributed by atoms with Gasteiger partial charge in [-0.2, -0.15) is 0 Å². The molecule has 21 heavy (non-hydrogen) atoms. The number of rotatable bonds is 6. The van der Waals surface area contributed by atoms with E-state index in [1.54, 1.807) is 23.7 Å². The molecular formula is C15H20N2O3S. The normalized spacial score (nSPS) is 11.6. The number of hydrogen-bond acceptors (Lipinski definition) is 3. The topological polar surface area (TPSA) is 71.3 Å². The highest BCUT2D eigenvalue weighted by Gasteiger charge is 2.18. The number of nitrogens with one attached hydrogen (secondary N) is 1. The highest BCUT2D eigenvalue weighted by Crippen LogP contribution is 2.22. The van der Waals surface area contributed by atoms with E-state index in [-0.39, 0.29) is 11.5 Å². The van der Waals surface area contributed by atoms with Crippen LogP contribution in [0, 0.1) is 0 Å². The fourth-order valence-corrected chi connectivity index (χ4v) is 3.39. The van der Waals surface area contributed by atoms with E-state index in [1.165, 1.54) is 12.3 Å². The van der Waals surface area contributed by atoms with Crippen molar-refractivity contribution in [1.29, 1.82) is 0 Å². The molecule has 0 bridgehead atoms. The molecule has 114 valence electrons. The highest BCUT2D eigenvalue weighted by atomic mass is 32.2. The summed E-state index contributed by atoms with van der Waals surface area (Å²) in [7, 11) is -1.94. The van der Waals surface area contributed by atoms with Crippen LogP contribution in [0.4, 0.5) is 5.69 Å². The maximum Gasteiger partial charge on any atom is 0.263 e. The van der Waals surface area contributed by atoms with Gasteiger partial charge in [0, 0.05) is 18.9 Å². The summed E-state index contributed by atoms with van der Waals surface area (Å²) in [6, 6.07) is 8.87. The third-order valence-electron chi connectivity index (χ3n) is 3.34. The van der Waals surface area contributed by atoms with E-state index in [9.17, 15) is 8.42 Å². The molecule has 0 atom stereocenters. The van der Waals surface area contributed by atoms with Gasteiger partial charge >= 0.3 is 0 Å². The molecule has 0 unspecified atom stereocenters. The van der Waals surface area contributed by atoms with Crippen LogP contribution < -0.4 is 4.72 Å². The molecule has 2 aromatic rings. The number of aliphatic hydroxyl groups excluding tert-OH is 1. The summed E-state index contributed by atoms with van der Waals surface area (Å²) in [5.41, 5.74) is 2.13. The number of anilines is 1. The minimum atomic E-state index is -3.65. The van der Waals surface area contributed by atoms with Crippen LogP contribution in [0.2, 0.25) is 0 Å². The Balaban J connectivity index is 2.33. The summed E-state index contributed by atoms with van der Waals surface area (Å²) in [5.74, 6) is 0. The van der Waals surface area contributed by atoms with E-state index in [0.717, 1.165) is 18.4 Å². The van der Waals surface area contributed by atoms with Crippen molar-refractivity contribution in [3.63, 3.8) is 0 Å². The van der Waals surface area contributed by atoms with Crippen molar-refractivity contribution >= 4 is 15.7 Å². The van der Waals surface area contributed by atoms with Crippen molar-refractivity contribution in [3.8, 4) is 0 Å². The number of aliphatic hydroxyl groups is 1. The molecule has 1 heterocycles. The predicted octanol–water partition coefficient (Wildman–Crippen LogP) is 2.27. The van der Waals surface area contributed by atoms with Crippen molar-refractivity contribution in [2.75, 3.05) is 4.72 Å². The molecule has 0 saturated heterocycles. The number of hydrogen-bond donors (Lipinski definition) is 2. The van der Waals surface area contributed by atoms with E-state index in [2.05, 4.69) is 11.6 Å². The van der Waals surface area contributed by atoms with Gasteiger partial charge in [0.15, 0.2) is 0 Å². The van der Waals surface area contributed by atoms with Crippen LogP contribution in [0.1, 0.15) is 24.6 Å². The van der Waals surface area contributed by atoms with E-state index >= 15 is 0 Å². The fourth-order valence-electron chi connectivity index (χ4n) is 2.19. The average molecular weight is 308 g/mol. The first-order valence-corrected chi connectivity index (χ1v) is 8.33. The third-order valence-corrected chi connectivity index (χ3v) is 4.67. The Morgan fingerprint density at radius 2 is 2.00 bits per heavy atom. The van der Waals surface area contributed by atoms with Gasteiger partial charge in [-0.1, -0.05) is 31.5 Å². The number of benzene rings is 1. The predicted molar refractivity (Wildman–Crippen MR) is 82.6 cm³/mol. The Morgan fingerprint density at radius 1 is 1.29 bits per heavy atom. The molecule has 0 aliphatic heterocycles.